The predicted octanol–water partition coefficient (Wildman–Crippen LogP) is 0.487. The van der Waals surface area contributed by atoms with E-state index in [1.165, 1.54) is 16.2 Å². The van der Waals surface area contributed by atoms with Crippen LogP contribution in [0.2, 0.25) is 0 Å². The SMILES string of the molecule is CCOCc1nnc(N2CC(C(=O)NCc3cn(C)nc3C)CC2=O)s1.O=CO. The van der Waals surface area contributed by atoms with Gasteiger partial charge in [0.15, 0.2) is 0 Å². The van der Waals surface area contributed by atoms with E-state index in [0.717, 1.165) is 16.3 Å². The number of nitrogens with zero attached hydrogens (tertiary/aromatic N) is 5. The zero-order chi connectivity index (χ0) is 21.4. The molecule has 0 bridgehead atoms. The topological polar surface area (TPSA) is 140 Å². The summed E-state index contributed by atoms with van der Waals surface area (Å²) in [6.07, 6.45) is 2.06. The van der Waals surface area contributed by atoms with Crippen molar-refractivity contribution in [2.75, 3.05) is 18.1 Å². The Hall–Kier alpha value is -2.86. The quantitative estimate of drug-likeness (QED) is 0.612. The van der Waals surface area contributed by atoms with Gasteiger partial charge in [0.25, 0.3) is 6.47 Å². The zero-order valence-corrected chi connectivity index (χ0v) is 17.3. The first kappa shape index (κ1) is 22.4. The Morgan fingerprint density at radius 2 is 2.21 bits per heavy atom. The van der Waals surface area contributed by atoms with Gasteiger partial charge in [-0.15, -0.1) is 10.2 Å². The molecule has 158 valence electrons. The highest BCUT2D eigenvalue weighted by molar-refractivity contribution is 7.15. The minimum atomic E-state index is -0.390. The fourth-order valence-electron chi connectivity index (χ4n) is 2.82. The highest BCUT2D eigenvalue weighted by Crippen LogP contribution is 2.28. The minimum absolute atomic E-state index is 0.109. The summed E-state index contributed by atoms with van der Waals surface area (Å²) >= 11 is 1.32. The smallest absolute Gasteiger partial charge is 0.290 e. The molecule has 12 heteroatoms. The minimum Gasteiger partial charge on any atom is -0.483 e. The highest BCUT2D eigenvalue weighted by atomic mass is 32.1. The molecule has 0 saturated carbocycles. The summed E-state index contributed by atoms with van der Waals surface area (Å²) in [5, 5.41) is 23.4. The second kappa shape index (κ2) is 10.6. The fraction of sp³-hybridized carbons (Fsp3) is 0.529. The Morgan fingerprint density at radius 3 is 2.83 bits per heavy atom. The van der Waals surface area contributed by atoms with Crippen molar-refractivity contribution in [3.63, 3.8) is 0 Å². The van der Waals surface area contributed by atoms with Crippen LogP contribution in [0.4, 0.5) is 5.13 Å². The first-order chi connectivity index (χ1) is 13.9. The lowest BCUT2D eigenvalue weighted by molar-refractivity contribution is -0.126. The van der Waals surface area contributed by atoms with E-state index >= 15 is 0 Å². The summed E-state index contributed by atoms with van der Waals surface area (Å²) in [5.74, 6) is -0.635. The lowest BCUT2D eigenvalue weighted by Crippen LogP contribution is -2.32. The molecule has 3 rings (SSSR count). The molecule has 1 unspecified atom stereocenters. The van der Waals surface area contributed by atoms with Crippen LogP contribution in [0, 0.1) is 12.8 Å². The molecule has 2 aromatic heterocycles. The van der Waals surface area contributed by atoms with Crippen molar-refractivity contribution >= 4 is 34.8 Å². The number of carbonyl (C=O) groups is 3. The summed E-state index contributed by atoms with van der Waals surface area (Å²) in [6, 6.07) is 0. The van der Waals surface area contributed by atoms with Crippen molar-refractivity contribution in [2.24, 2.45) is 13.0 Å². The molecule has 11 nitrogen and oxygen atoms in total. The van der Waals surface area contributed by atoms with Gasteiger partial charge in [-0.3, -0.25) is 24.0 Å². The third-order valence-electron chi connectivity index (χ3n) is 4.18. The van der Waals surface area contributed by atoms with Crippen molar-refractivity contribution in [3.05, 3.63) is 22.5 Å². The van der Waals surface area contributed by atoms with E-state index in [1.54, 1.807) is 4.68 Å². The number of carbonyl (C=O) groups excluding carboxylic acids is 2. The van der Waals surface area contributed by atoms with Gasteiger partial charge in [-0.1, -0.05) is 11.3 Å². The van der Waals surface area contributed by atoms with Crippen molar-refractivity contribution in [2.45, 2.75) is 33.4 Å². The van der Waals surface area contributed by atoms with Crippen LogP contribution in [0.15, 0.2) is 6.20 Å². The number of aryl methyl sites for hydroxylation is 2. The molecule has 2 amide bonds. The second-order valence-electron chi connectivity index (χ2n) is 6.26. The van der Waals surface area contributed by atoms with E-state index in [-0.39, 0.29) is 24.7 Å². The van der Waals surface area contributed by atoms with Gasteiger partial charge in [0, 0.05) is 44.9 Å². The molecule has 1 saturated heterocycles. The predicted molar refractivity (Wildman–Crippen MR) is 104 cm³/mol. The van der Waals surface area contributed by atoms with E-state index in [4.69, 9.17) is 14.6 Å². The first-order valence-electron chi connectivity index (χ1n) is 8.94. The van der Waals surface area contributed by atoms with E-state index < -0.39 is 5.92 Å². The van der Waals surface area contributed by atoms with Gasteiger partial charge in [0.2, 0.25) is 16.9 Å². The number of ether oxygens (including phenoxy) is 1. The molecule has 0 aromatic carbocycles. The molecule has 2 N–H and O–H groups in total. The Morgan fingerprint density at radius 1 is 1.48 bits per heavy atom. The van der Waals surface area contributed by atoms with Gasteiger partial charge in [0.05, 0.1) is 11.6 Å². The van der Waals surface area contributed by atoms with Crippen LogP contribution >= 0.6 is 11.3 Å². The number of aromatic nitrogens is 4. The summed E-state index contributed by atoms with van der Waals surface area (Å²) in [4.78, 5) is 34.6. The number of nitrogens with one attached hydrogen (secondary N) is 1. The van der Waals surface area contributed by atoms with Crippen LogP contribution in [0.5, 0.6) is 0 Å². The first-order valence-corrected chi connectivity index (χ1v) is 9.76. The number of amides is 2. The molecule has 0 spiro atoms. The Bertz CT molecular complexity index is 851. The van der Waals surface area contributed by atoms with Crippen molar-refractivity contribution in [1.82, 2.24) is 25.3 Å². The van der Waals surface area contributed by atoms with Crippen LogP contribution in [0.25, 0.3) is 0 Å². The van der Waals surface area contributed by atoms with Crippen LogP contribution in [-0.4, -0.2) is 56.5 Å². The van der Waals surface area contributed by atoms with Gasteiger partial charge in [-0.2, -0.15) is 5.10 Å². The van der Waals surface area contributed by atoms with Crippen LogP contribution < -0.4 is 10.2 Å². The number of rotatable bonds is 7. The Kier molecular flexibility index (Phi) is 8.21. The maximum absolute atomic E-state index is 12.4. The van der Waals surface area contributed by atoms with Gasteiger partial charge in [0.1, 0.15) is 11.6 Å². The third-order valence-corrected chi connectivity index (χ3v) is 5.10. The highest BCUT2D eigenvalue weighted by Gasteiger charge is 2.36. The van der Waals surface area contributed by atoms with Crippen molar-refractivity contribution in [3.8, 4) is 0 Å². The maximum atomic E-state index is 12.4. The third kappa shape index (κ3) is 6.06. The van der Waals surface area contributed by atoms with Crippen LogP contribution in [-0.2, 0) is 39.3 Å². The number of hydrogen-bond acceptors (Lipinski definition) is 8. The molecular formula is C17H24N6O5S. The number of anilines is 1. The standard InChI is InChI=1S/C16H22N6O3S.CH2O2/c1-4-25-9-13-18-19-16(26-13)22-8-11(5-14(22)23)15(24)17-6-12-7-21(3)20-10(12)2;2-1-3/h7,11H,4-6,8-9H2,1-3H3,(H,17,24);1H,(H,2,3). The molecule has 0 aliphatic carbocycles. The molecule has 1 aliphatic rings. The van der Waals surface area contributed by atoms with Crippen molar-refractivity contribution < 1.29 is 24.2 Å². The summed E-state index contributed by atoms with van der Waals surface area (Å²) in [5.41, 5.74) is 1.85. The van der Waals surface area contributed by atoms with E-state index in [1.807, 2.05) is 27.1 Å². The lowest BCUT2D eigenvalue weighted by Gasteiger charge is -2.12. The summed E-state index contributed by atoms with van der Waals surface area (Å²) < 4.78 is 7.02. The zero-order valence-electron chi connectivity index (χ0n) is 16.5. The largest absolute Gasteiger partial charge is 0.483 e. The monoisotopic (exact) mass is 424 g/mol. The van der Waals surface area contributed by atoms with Gasteiger partial charge in [-0.25, -0.2) is 0 Å². The maximum Gasteiger partial charge on any atom is 0.290 e. The molecule has 2 aromatic rings. The average molecular weight is 424 g/mol. The normalized spacial score (nSPS) is 15.8. The van der Waals surface area contributed by atoms with E-state index in [9.17, 15) is 9.59 Å². The van der Waals surface area contributed by atoms with Crippen LogP contribution in [0.1, 0.15) is 29.6 Å². The molecule has 29 heavy (non-hydrogen) atoms. The molecule has 3 heterocycles. The van der Waals surface area contributed by atoms with Gasteiger partial charge >= 0.3 is 0 Å². The summed E-state index contributed by atoms with van der Waals surface area (Å²) in [7, 11) is 1.84. The van der Waals surface area contributed by atoms with Crippen molar-refractivity contribution in [1.29, 1.82) is 0 Å². The Balaban J connectivity index is 0.000000941. The van der Waals surface area contributed by atoms with Crippen LogP contribution in [0.3, 0.4) is 0 Å². The average Bonchev–Trinajstić information content (AvgIpc) is 3.37. The second-order valence-corrected chi connectivity index (χ2v) is 7.30. The Labute approximate surface area is 171 Å². The molecule has 1 aliphatic heterocycles. The number of carboxylic acid groups (broad SMARTS) is 1. The molecule has 0 radical (unpaired) electrons. The molecular weight excluding hydrogens is 400 g/mol. The van der Waals surface area contributed by atoms with E-state index in [0.29, 0.717) is 31.4 Å². The number of hydrogen-bond donors (Lipinski definition) is 2. The molecule has 1 fully saturated rings. The summed E-state index contributed by atoms with van der Waals surface area (Å²) in [6.45, 7) is 5.25. The lowest BCUT2D eigenvalue weighted by atomic mass is 10.1. The van der Waals surface area contributed by atoms with E-state index in [2.05, 4.69) is 20.6 Å². The van der Waals surface area contributed by atoms with Gasteiger partial charge < -0.3 is 15.2 Å². The van der Waals surface area contributed by atoms with Gasteiger partial charge in [-0.05, 0) is 13.8 Å². The molecule has 1 atom stereocenters. The fourth-order valence-corrected chi connectivity index (χ4v) is 3.62.